The maximum absolute atomic E-state index is 13.2. The van der Waals surface area contributed by atoms with Crippen molar-refractivity contribution in [3.8, 4) is 0 Å². The predicted molar refractivity (Wildman–Crippen MR) is 131 cm³/mol. The number of carbonyl (C=O) groups excluding carboxylic acids is 1. The Morgan fingerprint density at radius 2 is 2.09 bits per heavy atom. The van der Waals surface area contributed by atoms with Crippen LogP contribution in [0.2, 0.25) is 0 Å². The minimum atomic E-state index is -1.13. The van der Waals surface area contributed by atoms with Gasteiger partial charge in [-0.25, -0.2) is 4.39 Å². The van der Waals surface area contributed by atoms with Crippen LogP contribution in [0.1, 0.15) is 44.4 Å². The first-order valence-electron chi connectivity index (χ1n) is 10.7. The van der Waals surface area contributed by atoms with Gasteiger partial charge >= 0.3 is 0 Å². The molecule has 0 aromatic heterocycles. The zero-order valence-electron chi connectivity index (χ0n) is 19.7. The average molecular weight is 437 g/mol. The van der Waals surface area contributed by atoms with Gasteiger partial charge in [0.25, 0.3) is 5.91 Å². The molecule has 4 nitrogen and oxygen atoms in total. The summed E-state index contributed by atoms with van der Waals surface area (Å²) in [7, 11) is 0. The molecule has 170 valence electrons. The molecule has 1 amide bonds. The lowest BCUT2D eigenvalue weighted by atomic mass is 9.98. The van der Waals surface area contributed by atoms with E-state index in [9.17, 15) is 9.18 Å². The summed E-state index contributed by atoms with van der Waals surface area (Å²) in [5.74, 6) is 0.0701. The first kappa shape index (κ1) is 25.1. The number of halogens is 1. The topological polar surface area (TPSA) is 41.9 Å². The summed E-state index contributed by atoms with van der Waals surface area (Å²) < 4.78 is 18.6. The Morgan fingerprint density at radius 3 is 2.66 bits per heavy atom. The van der Waals surface area contributed by atoms with Crippen molar-refractivity contribution in [1.29, 1.82) is 0 Å². The summed E-state index contributed by atoms with van der Waals surface area (Å²) in [5, 5.41) is 0. The molecule has 0 spiro atoms. The fraction of sp³-hybridized carbons (Fsp3) is 0.333. The SMILES string of the molecule is C=N/C(C)=C\C(=C/C)c1ccc(CN2CC(/C=C\C)=C(C(=C)OCC(C)F)C2=O)c(C)c1. The second-order valence-corrected chi connectivity index (χ2v) is 7.91. The van der Waals surface area contributed by atoms with Gasteiger partial charge in [0, 0.05) is 18.8 Å². The highest BCUT2D eigenvalue weighted by Gasteiger charge is 2.32. The molecule has 1 unspecified atom stereocenters. The molecule has 32 heavy (non-hydrogen) atoms. The molecular weight excluding hydrogens is 403 g/mol. The molecular formula is C27H33FN2O2. The highest BCUT2D eigenvalue weighted by atomic mass is 19.1. The van der Waals surface area contributed by atoms with Crippen LogP contribution in [-0.2, 0) is 16.1 Å². The summed E-state index contributed by atoms with van der Waals surface area (Å²) in [6, 6.07) is 6.22. The lowest BCUT2D eigenvalue weighted by Crippen LogP contribution is -2.27. The second kappa shape index (κ2) is 11.4. The predicted octanol–water partition coefficient (Wildman–Crippen LogP) is 6.11. The molecule has 0 bridgehead atoms. The molecule has 1 aromatic carbocycles. The number of alkyl halides is 1. The molecule has 0 saturated heterocycles. The molecule has 1 aliphatic heterocycles. The number of allylic oxidation sites excluding steroid dienone is 5. The Hall–Kier alpha value is -3.21. The molecule has 1 heterocycles. The highest BCUT2D eigenvalue weighted by molar-refractivity contribution is 6.01. The first-order valence-corrected chi connectivity index (χ1v) is 10.7. The van der Waals surface area contributed by atoms with Crippen molar-refractivity contribution in [1.82, 2.24) is 4.90 Å². The van der Waals surface area contributed by atoms with Gasteiger partial charge in [0.15, 0.2) is 0 Å². The van der Waals surface area contributed by atoms with Gasteiger partial charge < -0.3 is 9.64 Å². The van der Waals surface area contributed by atoms with Crippen molar-refractivity contribution >= 4 is 18.2 Å². The number of carbonyl (C=O) groups is 1. The van der Waals surface area contributed by atoms with Crippen LogP contribution in [0.4, 0.5) is 4.39 Å². The van der Waals surface area contributed by atoms with Crippen LogP contribution in [0.5, 0.6) is 0 Å². The van der Waals surface area contributed by atoms with Crippen LogP contribution in [0, 0.1) is 6.92 Å². The van der Waals surface area contributed by atoms with Gasteiger partial charge in [0.05, 0.1) is 5.57 Å². The monoisotopic (exact) mass is 436 g/mol. The van der Waals surface area contributed by atoms with Gasteiger partial charge in [0.2, 0.25) is 0 Å². The van der Waals surface area contributed by atoms with Crippen molar-refractivity contribution < 1.29 is 13.9 Å². The van der Waals surface area contributed by atoms with Crippen LogP contribution in [0.25, 0.3) is 5.57 Å². The first-order chi connectivity index (χ1) is 15.2. The third-order valence-electron chi connectivity index (χ3n) is 5.28. The maximum atomic E-state index is 13.2. The molecule has 5 heteroatoms. The normalized spacial score (nSPS) is 16.2. The highest BCUT2D eigenvalue weighted by Crippen LogP contribution is 2.29. The lowest BCUT2D eigenvalue weighted by Gasteiger charge is -2.19. The fourth-order valence-electron chi connectivity index (χ4n) is 3.57. The van der Waals surface area contributed by atoms with E-state index in [2.05, 4.69) is 36.5 Å². The zero-order valence-corrected chi connectivity index (χ0v) is 19.7. The number of aliphatic imine (C=N–C) groups is 1. The Labute approximate surface area is 191 Å². The molecule has 0 fully saturated rings. The average Bonchev–Trinajstić information content (AvgIpc) is 3.06. The standard InChI is InChI=1S/C27H33FN2O2/c1-8-10-25-16-30(27(31)26(25)21(6)32-17-19(4)28)15-24-12-11-23(13-18(24)3)22(9-2)14-20(5)29-7/h8-14,19H,6-7,15-17H2,1-5H3/b10-8-,20-14-,22-9+. The van der Waals surface area contributed by atoms with Crippen molar-refractivity contribution in [3.05, 3.63) is 88.4 Å². The smallest absolute Gasteiger partial charge is 0.258 e. The van der Waals surface area contributed by atoms with Gasteiger partial charge in [-0.1, -0.05) is 43.0 Å². The molecule has 0 N–H and O–H groups in total. The Morgan fingerprint density at radius 1 is 1.38 bits per heavy atom. The number of rotatable bonds is 10. The summed E-state index contributed by atoms with van der Waals surface area (Å²) in [5.41, 5.74) is 6.41. The van der Waals surface area contributed by atoms with Crippen LogP contribution < -0.4 is 0 Å². The van der Waals surface area contributed by atoms with E-state index < -0.39 is 6.17 Å². The van der Waals surface area contributed by atoms with E-state index in [0.717, 1.165) is 33.5 Å². The minimum absolute atomic E-state index is 0.123. The number of amides is 1. The summed E-state index contributed by atoms with van der Waals surface area (Å²) in [6.07, 6.45) is 6.67. The van der Waals surface area contributed by atoms with Crippen molar-refractivity contribution in [2.75, 3.05) is 13.2 Å². The molecule has 0 aliphatic carbocycles. The zero-order chi connectivity index (χ0) is 23.8. The van der Waals surface area contributed by atoms with Crippen LogP contribution in [0.15, 0.2) is 76.7 Å². The van der Waals surface area contributed by atoms with Crippen LogP contribution in [-0.4, -0.2) is 36.8 Å². The van der Waals surface area contributed by atoms with E-state index in [4.69, 9.17) is 4.74 Å². The number of ether oxygens (including phenoxy) is 1. The molecule has 1 atom stereocenters. The van der Waals surface area contributed by atoms with Crippen molar-refractivity contribution in [3.63, 3.8) is 0 Å². The number of hydrogen-bond acceptors (Lipinski definition) is 3. The van der Waals surface area contributed by atoms with E-state index in [1.807, 2.05) is 52.0 Å². The van der Waals surface area contributed by atoms with Gasteiger partial charge in [-0.3, -0.25) is 9.79 Å². The van der Waals surface area contributed by atoms with E-state index in [1.165, 1.54) is 6.92 Å². The van der Waals surface area contributed by atoms with Gasteiger partial charge in [-0.15, -0.1) is 0 Å². The number of hydrogen-bond donors (Lipinski definition) is 0. The summed E-state index contributed by atoms with van der Waals surface area (Å²) in [6.45, 7) is 17.5. The Kier molecular flexibility index (Phi) is 8.94. The third-order valence-corrected chi connectivity index (χ3v) is 5.28. The second-order valence-electron chi connectivity index (χ2n) is 7.91. The van der Waals surface area contributed by atoms with Gasteiger partial charge in [-0.2, -0.15) is 0 Å². The fourth-order valence-corrected chi connectivity index (χ4v) is 3.57. The van der Waals surface area contributed by atoms with Crippen LogP contribution >= 0.6 is 0 Å². The number of aryl methyl sites for hydroxylation is 1. The van der Waals surface area contributed by atoms with Gasteiger partial charge in [0.1, 0.15) is 18.5 Å². The molecule has 1 aliphatic rings. The van der Waals surface area contributed by atoms with E-state index in [0.29, 0.717) is 18.7 Å². The van der Waals surface area contributed by atoms with Gasteiger partial charge in [-0.05, 0) is 75.2 Å². The summed E-state index contributed by atoms with van der Waals surface area (Å²) in [4.78, 5) is 18.9. The Balaban J connectivity index is 2.24. The van der Waals surface area contributed by atoms with E-state index in [1.54, 1.807) is 4.90 Å². The van der Waals surface area contributed by atoms with Crippen molar-refractivity contribution in [2.45, 2.75) is 47.3 Å². The molecule has 2 rings (SSSR count). The molecule has 0 saturated carbocycles. The lowest BCUT2D eigenvalue weighted by molar-refractivity contribution is -0.126. The van der Waals surface area contributed by atoms with E-state index >= 15 is 0 Å². The van der Waals surface area contributed by atoms with E-state index in [-0.39, 0.29) is 18.3 Å². The number of benzene rings is 1. The third kappa shape index (κ3) is 6.16. The summed E-state index contributed by atoms with van der Waals surface area (Å²) >= 11 is 0. The maximum Gasteiger partial charge on any atom is 0.258 e. The minimum Gasteiger partial charge on any atom is -0.490 e. The number of nitrogens with zero attached hydrogens (tertiary/aromatic N) is 2. The largest absolute Gasteiger partial charge is 0.490 e. The Bertz CT molecular complexity index is 1010. The molecule has 1 aromatic rings. The quantitative estimate of drug-likeness (QED) is 0.252. The molecule has 0 radical (unpaired) electrons. The van der Waals surface area contributed by atoms with Crippen molar-refractivity contribution in [2.24, 2.45) is 4.99 Å². The van der Waals surface area contributed by atoms with Crippen LogP contribution in [0.3, 0.4) is 0 Å².